The van der Waals surface area contributed by atoms with Crippen LogP contribution in [0.4, 0.5) is 0 Å². The lowest BCUT2D eigenvalue weighted by atomic mass is 9.93. The second kappa shape index (κ2) is 10.2. The Kier molecular flexibility index (Phi) is 8.39. The molecular formula is C15H22BN2O2. The molecule has 0 heterocycles. The molecule has 1 rings (SSSR count). The van der Waals surface area contributed by atoms with Crippen molar-refractivity contribution in [1.82, 2.24) is 5.32 Å². The summed E-state index contributed by atoms with van der Waals surface area (Å²) in [4.78, 5) is 12.0. The van der Waals surface area contributed by atoms with Gasteiger partial charge in [-0.1, -0.05) is 30.3 Å². The maximum atomic E-state index is 12.0. The van der Waals surface area contributed by atoms with E-state index in [1.807, 2.05) is 37.3 Å². The van der Waals surface area contributed by atoms with Crippen molar-refractivity contribution in [2.75, 3.05) is 13.2 Å². The largest absolute Gasteiger partial charge is 0.441 e. The van der Waals surface area contributed by atoms with Gasteiger partial charge in [0.15, 0.2) is 0 Å². The predicted octanol–water partition coefficient (Wildman–Crippen LogP) is 2.08. The highest BCUT2D eigenvalue weighted by molar-refractivity contribution is 6.26. The average Bonchev–Trinajstić information content (AvgIpc) is 2.49. The van der Waals surface area contributed by atoms with E-state index >= 15 is 0 Å². The zero-order valence-corrected chi connectivity index (χ0v) is 12.0. The molecule has 0 spiro atoms. The van der Waals surface area contributed by atoms with Crippen LogP contribution in [0.15, 0.2) is 30.3 Å². The van der Waals surface area contributed by atoms with Crippen molar-refractivity contribution in [3.05, 3.63) is 35.9 Å². The van der Waals surface area contributed by atoms with Gasteiger partial charge in [0.2, 0.25) is 5.91 Å². The van der Waals surface area contributed by atoms with Crippen molar-refractivity contribution in [3.63, 3.8) is 0 Å². The number of carbonyl (C=O) groups is 1. The number of hydrogen-bond acceptors (Lipinski definition) is 3. The summed E-state index contributed by atoms with van der Waals surface area (Å²) in [6.07, 6.45) is 3.46. The summed E-state index contributed by atoms with van der Waals surface area (Å²) in [6.45, 7) is 3.23. The molecule has 5 heteroatoms. The van der Waals surface area contributed by atoms with Gasteiger partial charge in [0.1, 0.15) is 0 Å². The lowest BCUT2D eigenvalue weighted by Crippen LogP contribution is -2.33. The lowest BCUT2D eigenvalue weighted by Gasteiger charge is -2.12. The van der Waals surface area contributed by atoms with Crippen molar-refractivity contribution >= 4 is 19.6 Å². The Morgan fingerprint density at radius 2 is 2.20 bits per heavy atom. The van der Waals surface area contributed by atoms with E-state index in [1.54, 1.807) is 7.48 Å². The highest BCUT2D eigenvalue weighted by atomic mass is 16.4. The number of rotatable bonds is 10. The van der Waals surface area contributed by atoms with E-state index in [-0.39, 0.29) is 5.91 Å². The van der Waals surface area contributed by atoms with Gasteiger partial charge in [-0.25, -0.2) is 0 Å². The van der Waals surface area contributed by atoms with Crippen LogP contribution in [0.25, 0.3) is 0 Å². The van der Waals surface area contributed by atoms with Crippen LogP contribution in [0.3, 0.4) is 0 Å². The molecule has 107 valence electrons. The molecule has 1 aromatic carbocycles. The fraction of sp³-hybridized carbons (Fsp3) is 0.467. The minimum absolute atomic E-state index is 0.0831. The summed E-state index contributed by atoms with van der Waals surface area (Å²) >= 11 is 0. The molecule has 20 heavy (non-hydrogen) atoms. The van der Waals surface area contributed by atoms with Gasteiger partial charge in [-0.15, -0.1) is 0 Å². The molecule has 1 atom stereocenters. The zero-order chi connectivity index (χ0) is 14.6. The summed E-state index contributed by atoms with van der Waals surface area (Å²) in [5.41, 5.74) is 1.07. The normalized spacial score (nSPS) is 11.7. The van der Waals surface area contributed by atoms with E-state index in [4.69, 9.17) is 10.1 Å². The SMILES string of the molecule is CCO[B]CCCNC(=O)C(C=N)Cc1ccccc1. The molecule has 4 nitrogen and oxygen atoms in total. The third-order valence-electron chi connectivity index (χ3n) is 2.92. The minimum atomic E-state index is -0.395. The monoisotopic (exact) mass is 273 g/mol. The van der Waals surface area contributed by atoms with E-state index in [9.17, 15) is 4.79 Å². The molecule has 0 saturated heterocycles. The molecule has 0 aliphatic rings. The first-order valence-corrected chi connectivity index (χ1v) is 7.03. The van der Waals surface area contributed by atoms with Gasteiger partial charge in [-0.2, -0.15) is 0 Å². The third kappa shape index (κ3) is 6.52. The molecule has 0 aliphatic heterocycles. The summed E-state index contributed by atoms with van der Waals surface area (Å²) in [5.74, 6) is -0.478. The van der Waals surface area contributed by atoms with Crippen molar-refractivity contribution in [3.8, 4) is 0 Å². The smallest absolute Gasteiger partial charge is 0.292 e. The van der Waals surface area contributed by atoms with Gasteiger partial charge in [0.25, 0.3) is 7.48 Å². The van der Waals surface area contributed by atoms with Gasteiger partial charge >= 0.3 is 0 Å². The molecule has 2 N–H and O–H groups in total. The zero-order valence-electron chi connectivity index (χ0n) is 12.0. The van der Waals surface area contributed by atoms with Gasteiger partial charge < -0.3 is 15.4 Å². The lowest BCUT2D eigenvalue weighted by molar-refractivity contribution is -0.122. The fourth-order valence-corrected chi connectivity index (χ4v) is 1.82. The Labute approximate surface area is 121 Å². The Balaban J connectivity index is 2.27. The summed E-state index contributed by atoms with van der Waals surface area (Å²) in [5, 5.41) is 10.3. The molecule has 0 saturated carbocycles. The molecule has 0 aromatic heterocycles. The third-order valence-corrected chi connectivity index (χ3v) is 2.92. The van der Waals surface area contributed by atoms with E-state index in [0.717, 1.165) is 18.3 Å². The number of hydrogen-bond donors (Lipinski definition) is 2. The highest BCUT2D eigenvalue weighted by Gasteiger charge is 2.15. The van der Waals surface area contributed by atoms with Crippen molar-refractivity contribution in [1.29, 1.82) is 5.41 Å². The Bertz CT molecular complexity index is 398. The van der Waals surface area contributed by atoms with Crippen LogP contribution in [-0.2, 0) is 15.9 Å². The maximum absolute atomic E-state index is 12.0. The first-order chi connectivity index (χ1) is 9.77. The molecule has 1 radical (unpaired) electrons. The molecule has 0 aliphatic carbocycles. The van der Waals surface area contributed by atoms with Gasteiger partial charge in [-0.3, -0.25) is 4.79 Å². The quantitative estimate of drug-likeness (QED) is 0.389. The summed E-state index contributed by atoms with van der Waals surface area (Å²) in [7, 11) is 1.77. The number of nitrogens with one attached hydrogen (secondary N) is 2. The standard InChI is InChI=1S/C15H22BN2O2/c1-2-20-16-9-6-10-18-15(19)14(12-17)11-13-7-4-3-5-8-13/h3-5,7-8,12,14,17H,2,6,9-11H2,1H3,(H,18,19). The second-order valence-corrected chi connectivity index (χ2v) is 4.52. The Morgan fingerprint density at radius 3 is 2.85 bits per heavy atom. The Hall–Kier alpha value is -1.62. The van der Waals surface area contributed by atoms with Crippen LogP contribution in [-0.4, -0.2) is 32.8 Å². The van der Waals surface area contributed by atoms with Gasteiger partial charge in [0.05, 0.1) is 5.92 Å². The van der Waals surface area contributed by atoms with Crippen LogP contribution in [0.5, 0.6) is 0 Å². The number of benzene rings is 1. The molecule has 0 fully saturated rings. The minimum Gasteiger partial charge on any atom is -0.441 e. The molecule has 1 aromatic rings. The van der Waals surface area contributed by atoms with E-state index in [2.05, 4.69) is 5.32 Å². The number of carbonyl (C=O) groups excluding carboxylic acids is 1. The van der Waals surface area contributed by atoms with Crippen LogP contribution in [0, 0.1) is 11.3 Å². The molecule has 0 bridgehead atoms. The second-order valence-electron chi connectivity index (χ2n) is 4.52. The maximum Gasteiger partial charge on any atom is 0.292 e. The average molecular weight is 273 g/mol. The van der Waals surface area contributed by atoms with Crippen LogP contribution < -0.4 is 5.32 Å². The van der Waals surface area contributed by atoms with Crippen LogP contribution in [0.1, 0.15) is 18.9 Å². The van der Waals surface area contributed by atoms with Crippen molar-refractivity contribution < 1.29 is 9.45 Å². The predicted molar refractivity (Wildman–Crippen MR) is 82.2 cm³/mol. The molecular weight excluding hydrogens is 251 g/mol. The highest BCUT2D eigenvalue weighted by Crippen LogP contribution is 2.07. The summed E-state index contributed by atoms with van der Waals surface area (Å²) < 4.78 is 5.11. The number of amides is 1. The molecule has 1 amide bonds. The van der Waals surface area contributed by atoms with Crippen molar-refractivity contribution in [2.45, 2.75) is 26.1 Å². The first kappa shape index (κ1) is 16.4. The van der Waals surface area contributed by atoms with Gasteiger partial charge in [0, 0.05) is 19.4 Å². The topological polar surface area (TPSA) is 62.2 Å². The van der Waals surface area contributed by atoms with E-state index < -0.39 is 5.92 Å². The van der Waals surface area contributed by atoms with E-state index in [1.165, 1.54) is 6.21 Å². The Morgan fingerprint density at radius 1 is 1.45 bits per heavy atom. The van der Waals surface area contributed by atoms with E-state index in [0.29, 0.717) is 19.6 Å². The molecule has 1 unspecified atom stereocenters. The summed E-state index contributed by atoms with van der Waals surface area (Å²) in [6, 6.07) is 9.77. The van der Waals surface area contributed by atoms with Crippen LogP contribution >= 0.6 is 0 Å². The van der Waals surface area contributed by atoms with Gasteiger partial charge in [-0.05, 0) is 31.6 Å². The fourth-order valence-electron chi connectivity index (χ4n) is 1.82. The van der Waals surface area contributed by atoms with Crippen molar-refractivity contribution in [2.24, 2.45) is 5.92 Å². The first-order valence-electron chi connectivity index (χ1n) is 7.03. The van der Waals surface area contributed by atoms with Crippen LogP contribution in [0.2, 0.25) is 6.32 Å².